The number of rotatable bonds is 5. The molecular weight excluding hydrogens is 463 g/mol. The highest BCUT2D eigenvalue weighted by molar-refractivity contribution is 5.97. The molecule has 5 nitrogen and oxygen atoms in total. The zero-order valence-electron chi connectivity index (χ0n) is 21.5. The van der Waals surface area contributed by atoms with E-state index < -0.39 is 0 Å². The fraction of sp³-hybridized carbons (Fsp3) is 0.452. The Morgan fingerprint density at radius 2 is 1.76 bits per heavy atom. The number of carbonyl (C=O) groups is 1. The van der Waals surface area contributed by atoms with Crippen molar-refractivity contribution in [2.75, 3.05) is 0 Å². The summed E-state index contributed by atoms with van der Waals surface area (Å²) in [6, 6.07) is 13.0. The third-order valence-corrected chi connectivity index (χ3v) is 8.79. The van der Waals surface area contributed by atoms with Crippen molar-refractivity contribution in [1.29, 1.82) is 0 Å². The van der Waals surface area contributed by atoms with E-state index in [-0.39, 0.29) is 11.7 Å². The molecule has 1 atom stereocenters. The number of nitrogens with zero attached hydrogens (tertiary/aromatic N) is 2. The maximum absolute atomic E-state index is 13.9. The third kappa shape index (κ3) is 4.98. The fourth-order valence-corrected chi connectivity index (χ4v) is 6.55. The van der Waals surface area contributed by atoms with Crippen molar-refractivity contribution in [3.63, 3.8) is 0 Å². The Hall–Kier alpha value is -3.28. The SMILES string of the molecule is C[C@@H](c1nc2ccc(C(=O)NC3CCCCC3)cc2[nH]1)[C@H]1CC[C@@H](c2ccnc3ccc(F)cc32)CC1. The maximum Gasteiger partial charge on any atom is 0.251 e. The Morgan fingerprint density at radius 1 is 0.973 bits per heavy atom. The summed E-state index contributed by atoms with van der Waals surface area (Å²) >= 11 is 0. The highest BCUT2D eigenvalue weighted by Crippen LogP contribution is 2.43. The van der Waals surface area contributed by atoms with Gasteiger partial charge >= 0.3 is 0 Å². The number of hydrogen-bond acceptors (Lipinski definition) is 3. The van der Waals surface area contributed by atoms with Crippen LogP contribution in [0.5, 0.6) is 0 Å². The van der Waals surface area contributed by atoms with Gasteiger partial charge in [0.15, 0.2) is 0 Å². The van der Waals surface area contributed by atoms with Crippen LogP contribution in [-0.2, 0) is 0 Å². The minimum absolute atomic E-state index is 0.0137. The summed E-state index contributed by atoms with van der Waals surface area (Å²) < 4.78 is 13.9. The molecule has 0 saturated heterocycles. The van der Waals surface area contributed by atoms with Crippen molar-refractivity contribution in [2.24, 2.45) is 5.92 Å². The summed E-state index contributed by atoms with van der Waals surface area (Å²) in [7, 11) is 0. The Morgan fingerprint density at radius 3 is 2.57 bits per heavy atom. The Bertz CT molecular complexity index is 1420. The van der Waals surface area contributed by atoms with Gasteiger partial charge in [-0.3, -0.25) is 9.78 Å². The molecule has 1 amide bonds. The molecule has 6 rings (SSSR count). The van der Waals surface area contributed by atoms with E-state index in [0.717, 1.165) is 66.3 Å². The number of nitrogens with one attached hydrogen (secondary N) is 2. The second kappa shape index (κ2) is 10.2. The standard InChI is InChI=1S/C31H35FN4O/c1-19(20-7-9-21(10-8-20)25-15-16-33-27-14-12-23(32)18-26(25)27)30-35-28-13-11-22(17-29(28)36-30)31(37)34-24-5-3-2-4-6-24/h11-21,24H,2-10H2,1H3,(H,34,37)(H,35,36)/t19-,20-,21+/m1/s1. The summed E-state index contributed by atoms with van der Waals surface area (Å²) in [5, 5.41) is 4.16. The molecule has 2 heterocycles. The number of amides is 1. The average Bonchev–Trinajstić information content (AvgIpc) is 3.36. The second-order valence-electron chi connectivity index (χ2n) is 11.1. The summed E-state index contributed by atoms with van der Waals surface area (Å²) in [6.45, 7) is 2.26. The van der Waals surface area contributed by atoms with E-state index in [1.54, 1.807) is 12.1 Å². The van der Waals surface area contributed by atoms with Crippen LogP contribution in [0.2, 0.25) is 0 Å². The van der Waals surface area contributed by atoms with E-state index in [0.29, 0.717) is 29.4 Å². The van der Waals surface area contributed by atoms with E-state index in [1.165, 1.54) is 30.9 Å². The number of carbonyl (C=O) groups excluding carboxylic acids is 1. The Labute approximate surface area is 217 Å². The lowest BCUT2D eigenvalue weighted by Gasteiger charge is -2.32. The number of imidazole rings is 1. The molecule has 6 heteroatoms. The molecule has 0 spiro atoms. The van der Waals surface area contributed by atoms with Gasteiger partial charge in [0.2, 0.25) is 0 Å². The molecular formula is C31H35FN4O. The highest BCUT2D eigenvalue weighted by Gasteiger charge is 2.29. The first-order valence-electron chi connectivity index (χ1n) is 13.9. The molecule has 4 aromatic rings. The summed E-state index contributed by atoms with van der Waals surface area (Å²) in [5.74, 6) is 2.08. The van der Waals surface area contributed by atoms with E-state index in [2.05, 4.69) is 28.3 Å². The van der Waals surface area contributed by atoms with Crippen LogP contribution in [0.1, 0.15) is 98.3 Å². The predicted molar refractivity (Wildman–Crippen MR) is 145 cm³/mol. The summed E-state index contributed by atoms with van der Waals surface area (Å²) in [5.41, 5.74) is 4.62. The minimum atomic E-state index is -0.205. The molecule has 2 aliphatic carbocycles. The van der Waals surface area contributed by atoms with Crippen LogP contribution in [0.15, 0.2) is 48.7 Å². The van der Waals surface area contributed by atoms with Gasteiger partial charge in [-0.25, -0.2) is 9.37 Å². The zero-order valence-corrected chi connectivity index (χ0v) is 21.5. The maximum atomic E-state index is 13.9. The largest absolute Gasteiger partial charge is 0.349 e. The van der Waals surface area contributed by atoms with Gasteiger partial charge in [0.25, 0.3) is 5.91 Å². The molecule has 2 aromatic carbocycles. The molecule has 2 aliphatic rings. The van der Waals surface area contributed by atoms with Crippen LogP contribution in [0.4, 0.5) is 4.39 Å². The monoisotopic (exact) mass is 498 g/mol. The molecule has 192 valence electrons. The highest BCUT2D eigenvalue weighted by atomic mass is 19.1. The Balaban J connectivity index is 1.13. The van der Waals surface area contributed by atoms with Gasteiger partial charge < -0.3 is 10.3 Å². The molecule has 0 radical (unpaired) electrons. The van der Waals surface area contributed by atoms with E-state index in [1.807, 2.05) is 24.4 Å². The number of H-pyrrole nitrogens is 1. The molecule has 0 unspecified atom stereocenters. The first-order chi connectivity index (χ1) is 18.0. The first kappa shape index (κ1) is 24.1. The van der Waals surface area contributed by atoms with Gasteiger partial charge in [-0.1, -0.05) is 26.2 Å². The number of benzene rings is 2. The number of fused-ring (bicyclic) bond motifs is 2. The molecule has 2 N–H and O–H groups in total. The number of pyridine rings is 1. The van der Waals surface area contributed by atoms with Crippen LogP contribution in [0.3, 0.4) is 0 Å². The predicted octanol–water partition coefficient (Wildman–Crippen LogP) is 7.39. The first-order valence-corrected chi connectivity index (χ1v) is 13.9. The van der Waals surface area contributed by atoms with Crippen molar-refractivity contribution < 1.29 is 9.18 Å². The molecule has 0 aliphatic heterocycles. The zero-order chi connectivity index (χ0) is 25.4. The normalized spacial score (nSPS) is 21.8. The van der Waals surface area contributed by atoms with Crippen LogP contribution in [0.25, 0.3) is 21.9 Å². The van der Waals surface area contributed by atoms with Crippen molar-refractivity contribution in [1.82, 2.24) is 20.3 Å². The van der Waals surface area contributed by atoms with Crippen LogP contribution in [-0.4, -0.2) is 26.9 Å². The number of halogens is 1. The van der Waals surface area contributed by atoms with E-state index in [9.17, 15) is 9.18 Å². The second-order valence-corrected chi connectivity index (χ2v) is 11.1. The van der Waals surface area contributed by atoms with Crippen LogP contribution >= 0.6 is 0 Å². The van der Waals surface area contributed by atoms with Crippen LogP contribution < -0.4 is 5.32 Å². The lowest BCUT2D eigenvalue weighted by molar-refractivity contribution is 0.0928. The summed E-state index contributed by atoms with van der Waals surface area (Å²) in [4.78, 5) is 25.7. The van der Waals surface area contributed by atoms with E-state index >= 15 is 0 Å². The molecule has 2 aromatic heterocycles. The summed E-state index contributed by atoms with van der Waals surface area (Å²) in [6.07, 6.45) is 12.1. The lowest BCUT2D eigenvalue weighted by atomic mass is 9.73. The molecule has 2 saturated carbocycles. The van der Waals surface area contributed by atoms with Gasteiger partial charge in [-0.2, -0.15) is 0 Å². The van der Waals surface area contributed by atoms with Crippen molar-refractivity contribution in [3.05, 3.63) is 71.4 Å². The van der Waals surface area contributed by atoms with Gasteiger partial charge in [0, 0.05) is 29.1 Å². The topological polar surface area (TPSA) is 70.7 Å². The van der Waals surface area contributed by atoms with Gasteiger partial charge in [-0.05, 0) is 98.4 Å². The van der Waals surface area contributed by atoms with Gasteiger partial charge in [0.1, 0.15) is 11.6 Å². The average molecular weight is 499 g/mol. The number of hydrogen-bond donors (Lipinski definition) is 2. The smallest absolute Gasteiger partial charge is 0.251 e. The van der Waals surface area contributed by atoms with Crippen molar-refractivity contribution in [3.8, 4) is 0 Å². The van der Waals surface area contributed by atoms with E-state index in [4.69, 9.17) is 4.98 Å². The van der Waals surface area contributed by atoms with Gasteiger partial charge in [-0.15, -0.1) is 0 Å². The lowest BCUT2D eigenvalue weighted by Crippen LogP contribution is -2.36. The third-order valence-electron chi connectivity index (χ3n) is 8.79. The van der Waals surface area contributed by atoms with Crippen molar-refractivity contribution >= 4 is 27.8 Å². The quantitative estimate of drug-likeness (QED) is 0.301. The number of aromatic amines is 1. The molecule has 0 bridgehead atoms. The van der Waals surface area contributed by atoms with Crippen LogP contribution in [0, 0.1) is 11.7 Å². The van der Waals surface area contributed by atoms with Crippen molar-refractivity contribution in [2.45, 2.75) is 82.6 Å². The van der Waals surface area contributed by atoms with Gasteiger partial charge in [0.05, 0.1) is 16.6 Å². The Kier molecular flexibility index (Phi) is 6.66. The minimum Gasteiger partial charge on any atom is -0.349 e. The fourth-order valence-electron chi connectivity index (χ4n) is 6.55. The number of aromatic nitrogens is 3. The molecule has 37 heavy (non-hydrogen) atoms. The molecule has 2 fully saturated rings.